The number of para-hydroxylation sites is 2. The number of piperidine rings is 1. The second kappa shape index (κ2) is 8.00. The highest BCUT2D eigenvalue weighted by Crippen LogP contribution is 2.35. The van der Waals surface area contributed by atoms with E-state index in [1.807, 2.05) is 23.1 Å². The zero-order valence-corrected chi connectivity index (χ0v) is 15.3. The number of anilines is 1. The summed E-state index contributed by atoms with van der Waals surface area (Å²) in [6.45, 7) is 1.65. The Hall–Kier alpha value is -2.90. The maximum atomic E-state index is 13.2. The third-order valence-electron chi connectivity index (χ3n) is 4.92. The van der Waals surface area contributed by atoms with Crippen LogP contribution in [0.3, 0.4) is 0 Å². The molecule has 0 aliphatic carbocycles. The van der Waals surface area contributed by atoms with Gasteiger partial charge in [-0.15, -0.1) is 0 Å². The Morgan fingerprint density at radius 3 is 2.82 bits per heavy atom. The molecule has 0 bridgehead atoms. The summed E-state index contributed by atoms with van der Waals surface area (Å²) in [6, 6.07) is 13.4. The zero-order valence-electron chi connectivity index (χ0n) is 15.3. The van der Waals surface area contributed by atoms with E-state index in [0.29, 0.717) is 25.3 Å². The fourth-order valence-electron chi connectivity index (χ4n) is 3.41. The monoisotopic (exact) mass is 383 g/mol. The molecular formula is C21H22FN3O3. The molecular weight excluding hydrogens is 361 g/mol. The smallest absolute Gasteiger partial charge is 0.288 e. The number of ether oxygens (including phenoxy) is 1. The van der Waals surface area contributed by atoms with Crippen molar-refractivity contribution in [2.45, 2.75) is 25.1 Å². The highest BCUT2D eigenvalue weighted by Gasteiger charge is 2.28. The predicted octanol–water partition coefficient (Wildman–Crippen LogP) is 1.91. The van der Waals surface area contributed by atoms with Crippen LogP contribution in [0.4, 0.5) is 10.1 Å². The first kappa shape index (κ1) is 18.5. The SMILES string of the molecule is O=C(NC1CCNCC1O)C1=CN(Cc2ccc(F)cc2)c2ccccc2O1. The van der Waals surface area contributed by atoms with Crippen molar-refractivity contribution < 1.29 is 19.0 Å². The summed E-state index contributed by atoms with van der Waals surface area (Å²) in [5.74, 6) is 0.0708. The fourth-order valence-corrected chi connectivity index (χ4v) is 3.41. The highest BCUT2D eigenvalue weighted by atomic mass is 19.1. The van der Waals surface area contributed by atoms with Gasteiger partial charge >= 0.3 is 0 Å². The molecule has 28 heavy (non-hydrogen) atoms. The lowest BCUT2D eigenvalue weighted by Gasteiger charge is -2.31. The molecule has 2 aromatic rings. The van der Waals surface area contributed by atoms with Crippen LogP contribution < -0.4 is 20.3 Å². The van der Waals surface area contributed by atoms with Crippen LogP contribution in [-0.4, -0.2) is 36.2 Å². The molecule has 0 aromatic heterocycles. The summed E-state index contributed by atoms with van der Waals surface area (Å²) in [7, 11) is 0. The normalized spacial score (nSPS) is 21.4. The first-order valence-corrected chi connectivity index (χ1v) is 9.29. The van der Waals surface area contributed by atoms with E-state index in [9.17, 15) is 14.3 Å². The van der Waals surface area contributed by atoms with Gasteiger partial charge in [-0.3, -0.25) is 4.79 Å². The Balaban J connectivity index is 1.56. The van der Waals surface area contributed by atoms with E-state index in [1.165, 1.54) is 12.1 Å². The minimum Gasteiger partial charge on any atom is -0.448 e. The van der Waals surface area contributed by atoms with Crippen LogP contribution >= 0.6 is 0 Å². The van der Waals surface area contributed by atoms with Gasteiger partial charge in [0.1, 0.15) is 5.82 Å². The van der Waals surface area contributed by atoms with Crippen molar-refractivity contribution in [3.8, 4) is 5.75 Å². The predicted molar refractivity (Wildman–Crippen MR) is 103 cm³/mol. The molecule has 0 saturated carbocycles. The fraction of sp³-hybridized carbons (Fsp3) is 0.286. The molecule has 2 aliphatic rings. The molecule has 1 saturated heterocycles. The average molecular weight is 383 g/mol. The largest absolute Gasteiger partial charge is 0.448 e. The van der Waals surface area contributed by atoms with Gasteiger partial charge in [0.15, 0.2) is 5.75 Å². The molecule has 2 heterocycles. The number of hydrogen-bond acceptors (Lipinski definition) is 5. The third-order valence-corrected chi connectivity index (χ3v) is 4.92. The third kappa shape index (κ3) is 4.00. The highest BCUT2D eigenvalue weighted by molar-refractivity contribution is 5.93. The van der Waals surface area contributed by atoms with Crippen LogP contribution in [-0.2, 0) is 11.3 Å². The standard InChI is InChI=1S/C21H22FN3O3/c22-15-7-5-14(6-8-15)12-25-13-20(28-19-4-2-1-3-17(19)25)21(27)24-16-9-10-23-11-18(16)26/h1-8,13,16,18,23,26H,9-12H2,(H,24,27). The second-order valence-electron chi connectivity index (χ2n) is 6.96. The molecule has 1 amide bonds. The lowest BCUT2D eigenvalue weighted by molar-refractivity contribution is -0.121. The summed E-state index contributed by atoms with van der Waals surface area (Å²) in [5.41, 5.74) is 1.73. The Labute approximate surface area is 162 Å². The molecule has 6 nitrogen and oxygen atoms in total. The number of fused-ring (bicyclic) bond motifs is 1. The Kier molecular flexibility index (Phi) is 5.27. The van der Waals surface area contributed by atoms with Crippen molar-refractivity contribution >= 4 is 11.6 Å². The van der Waals surface area contributed by atoms with E-state index in [-0.39, 0.29) is 23.5 Å². The van der Waals surface area contributed by atoms with E-state index in [1.54, 1.807) is 24.4 Å². The van der Waals surface area contributed by atoms with Crippen molar-refractivity contribution in [3.63, 3.8) is 0 Å². The van der Waals surface area contributed by atoms with Gasteiger partial charge in [0, 0.05) is 13.1 Å². The van der Waals surface area contributed by atoms with Gasteiger partial charge in [0.2, 0.25) is 5.76 Å². The number of halogens is 1. The molecule has 146 valence electrons. The minimum atomic E-state index is -0.635. The second-order valence-corrected chi connectivity index (χ2v) is 6.96. The summed E-state index contributed by atoms with van der Waals surface area (Å²) < 4.78 is 19.0. The van der Waals surface area contributed by atoms with Gasteiger partial charge in [-0.2, -0.15) is 0 Å². The van der Waals surface area contributed by atoms with Crippen LogP contribution in [0.2, 0.25) is 0 Å². The minimum absolute atomic E-state index is 0.159. The first-order valence-electron chi connectivity index (χ1n) is 9.29. The van der Waals surface area contributed by atoms with Crippen LogP contribution in [0.5, 0.6) is 5.75 Å². The molecule has 0 spiro atoms. The molecule has 2 unspecified atom stereocenters. The van der Waals surface area contributed by atoms with Gasteiger partial charge < -0.3 is 25.4 Å². The van der Waals surface area contributed by atoms with Crippen LogP contribution in [0.25, 0.3) is 0 Å². The number of benzene rings is 2. The number of β-amino-alcohol motifs (C(OH)–C–C–N with tert-alkyl or cyclic N) is 1. The van der Waals surface area contributed by atoms with Crippen LogP contribution in [0.15, 0.2) is 60.5 Å². The number of rotatable bonds is 4. The number of nitrogens with zero attached hydrogens (tertiary/aromatic N) is 1. The molecule has 2 aliphatic heterocycles. The molecule has 1 fully saturated rings. The summed E-state index contributed by atoms with van der Waals surface area (Å²) in [5, 5.41) is 16.0. The zero-order chi connectivity index (χ0) is 19.5. The molecule has 7 heteroatoms. The van der Waals surface area contributed by atoms with E-state index >= 15 is 0 Å². The van der Waals surface area contributed by atoms with Gasteiger partial charge in [-0.05, 0) is 42.8 Å². The van der Waals surface area contributed by atoms with Crippen LogP contribution in [0, 0.1) is 5.82 Å². The van der Waals surface area contributed by atoms with E-state index in [2.05, 4.69) is 10.6 Å². The van der Waals surface area contributed by atoms with Crippen molar-refractivity contribution in [1.29, 1.82) is 0 Å². The van der Waals surface area contributed by atoms with Gasteiger partial charge in [0.25, 0.3) is 5.91 Å². The number of aliphatic hydroxyl groups excluding tert-OH is 1. The molecule has 2 atom stereocenters. The topological polar surface area (TPSA) is 73.8 Å². The number of carbonyl (C=O) groups excluding carboxylic acids is 1. The molecule has 2 aromatic carbocycles. The van der Waals surface area contributed by atoms with Gasteiger partial charge in [0.05, 0.1) is 24.0 Å². The number of carbonyl (C=O) groups is 1. The molecule has 4 rings (SSSR count). The molecule has 3 N–H and O–H groups in total. The number of hydrogen-bond donors (Lipinski definition) is 3. The summed E-state index contributed by atoms with van der Waals surface area (Å²) in [4.78, 5) is 14.7. The van der Waals surface area contributed by atoms with E-state index in [0.717, 1.165) is 17.8 Å². The van der Waals surface area contributed by atoms with E-state index < -0.39 is 6.10 Å². The quantitative estimate of drug-likeness (QED) is 0.752. The van der Waals surface area contributed by atoms with Gasteiger partial charge in [-0.25, -0.2) is 4.39 Å². The van der Waals surface area contributed by atoms with E-state index in [4.69, 9.17) is 4.74 Å². The van der Waals surface area contributed by atoms with Gasteiger partial charge in [-0.1, -0.05) is 24.3 Å². The Morgan fingerprint density at radius 2 is 2.04 bits per heavy atom. The van der Waals surface area contributed by atoms with Crippen molar-refractivity contribution in [2.24, 2.45) is 0 Å². The lowest BCUT2D eigenvalue weighted by Crippen LogP contribution is -2.53. The molecule has 0 radical (unpaired) electrons. The van der Waals surface area contributed by atoms with Crippen molar-refractivity contribution in [3.05, 3.63) is 71.9 Å². The summed E-state index contributed by atoms with van der Waals surface area (Å²) in [6.07, 6.45) is 1.66. The number of aliphatic hydroxyl groups is 1. The van der Waals surface area contributed by atoms with Crippen molar-refractivity contribution in [1.82, 2.24) is 10.6 Å². The Bertz CT molecular complexity index is 885. The van der Waals surface area contributed by atoms with Crippen molar-refractivity contribution in [2.75, 3.05) is 18.0 Å². The van der Waals surface area contributed by atoms with Crippen LogP contribution in [0.1, 0.15) is 12.0 Å². The lowest BCUT2D eigenvalue weighted by atomic mass is 10.0. The average Bonchev–Trinajstić information content (AvgIpc) is 2.71. The summed E-state index contributed by atoms with van der Waals surface area (Å²) >= 11 is 0. The Morgan fingerprint density at radius 1 is 1.25 bits per heavy atom. The number of nitrogens with one attached hydrogen (secondary N) is 2. The maximum absolute atomic E-state index is 13.2. The number of amides is 1. The maximum Gasteiger partial charge on any atom is 0.288 e. The first-order chi connectivity index (χ1) is 13.6.